The van der Waals surface area contributed by atoms with Gasteiger partial charge in [-0.3, -0.25) is 14.5 Å². The van der Waals surface area contributed by atoms with Crippen molar-refractivity contribution in [1.29, 1.82) is 0 Å². The smallest absolute Gasteiger partial charge is 0.247 e. The fourth-order valence-electron chi connectivity index (χ4n) is 3.55. The van der Waals surface area contributed by atoms with Crippen molar-refractivity contribution in [2.24, 2.45) is 0 Å². The van der Waals surface area contributed by atoms with E-state index in [4.69, 9.17) is 4.74 Å². The highest BCUT2D eigenvalue weighted by atomic mass is 16.5. The minimum atomic E-state index is -0.355. The summed E-state index contributed by atoms with van der Waals surface area (Å²) in [6.07, 6.45) is 7.71. The Kier molecular flexibility index (Phi) is 6.18. The van der Waals surface area contributed by atoms with Gasteiger partial charge < -0.3 is 10.1 Å². The Balaban J connectivity index is 1.96. The van der Waals surface area contributed by atoms with Gasteiger partial charge in [0.25, 0.3) is 0 Å². The van der Waals surface area contributed by atoms with E-state index in [9.17, 15) is 9.59 Å². The van der Waals surface area contributed by atoms with Crippen LogP contribution in [-0.4, -0.2) is 48.6 Å². The van der Waals surface area contributed by atoms with Crippen molar-refractivity contribution in [1.82, 2.24) is 10.2 Å². The Morgan fingerprint density at radius 3 is 2.62 bits per heavy atom. The van der Waals surface area contributed by atoms with Crippen molar-refractivity contribution in [3.05, 3.63) is 0 Å². The van der Waals surface area contributed by atoms with Crippen molar-refractivity contribution >= 4 is 11.8 Å². The highest BCUT2D eigenvalue weighted by Gasteiger charge is 2.42. The zero-order valence-corrected chi connectivity index (χ0v) is 13.3. The number of nitrogens with zero attached hydrogens (tertiary/aromatic N) is 1. The Morgan fingerprint density at radius 2 is 2.00 bits per heavy atom. The molecule has 5 heteroatoms. The van der Waals surface area contributed by atoms with Crippen molar-refractivity contribution < 1.29 is 14.3 Å². The minimum absolute atomic E-state index is 0.00272. The predicted octanol–water partition coefficient (Wildman–Crippen LogP) is 1.85. The summed E-state index contributed by atoms with van der Waals surface area (Å²) in [4.78, 5) is 26.3. The summed E-state index contributed by atoms with van der Waals surface area (Å²) in [7, 11) is 1.67. The van der Waals surface area contributed by atoms with E-state index in [1.807, 2.05) is 0 Å². The van der Waals surface area contributed by atoms with Gasteiger partial charge in [0.05, 0.1) is 19.1 Å². The van der Waals surface area contributed by atoms with Gasteiger partial charge in [-0.1, -0.05) is 32.6 Å². The van der Waals surface area contributed by atoms with E-state index in [1.54, 1.807) is 12.0 Å². The molecule has 2 atom stereocenters. The fourth-order valence-corrected chi connectivity index (χ4v) is 3.55. The lowest BCUT2D eigenvalue weighted by molar-refractivity contribution is -0.142. The highest BCUT2D eigenvalue weighted by Crippen LogP contribution is 2.27. The molecule has 0 aromatic rings. The van der Waals surface area contributed by atoms with Gasteiger partial charge in [0, 0.05) is 19.2 Å². The number of ether oxygens (including phenoxy) is 1. The number of methoxy groups -OCH3 is 1. The summed E-state index contributed by atoms with van der Waals surface area (Å²) in [6, 6.07) is -0.0724. The summed E-state index contributed by atoms with van der Waals surface area (Å²) in [5, 5.41) is 3.33. The highest BCUT2D eigenvalue weighted by molar-refractivity contribution is 6.05. The first-order valence-electron chi connectivity index (χ1n) is 8.28. The molecule has 0 bridgehead atoms. The molecule has 0 spiro atoms. The zero-order chi connectivity index (χ0) is 15.2. The van der Waals surface area contributed by atoms with Gasteiger partial charge in [0.15, 0.2) is 0 Å². The third-order valence-corrected chi connectivity index (χ3v) is 4.56. The Labute approximate surface area is 127 Å². The van der Waals surface area contributed by atoms with Gasteiger partial charge in [-0.05, 0) is 19.3 Å². The molecule has 1 heterocycles. The second-order valence-electron chi connectivity index (χ2n) is 6.26. The van der Waals surface area contributed by atoms with Crippen LogP contribution in [0.1, 0.15) is 58.3 Å². The molecule has 2 unspecified atom stereocenters. The molecule has 120 valence electrons. The number of nitrogens with one attached hydrogen (secondary N) is 1. The van der Waals surface area contributed by atoms with E-state index >= 15 is 0 Å². The molecule has 5 nitrogen and oxygen atoms in total. The Morgan fingerprint density at radius 1 is 1.29 bits per heavy atom. The second-order valence-corrected chi connectivity index (χ2v) is 6.26. The molecule has 0 aromatic carbocycles. The lowest BCUT2D eigenvalue weighted by Gasteiger charge is -2.30. The third kappa shape index (κ3) is 4.04. The third-order valence-electron chi connectivity index (χ3n) is 4.56. The van der Waals surface area contributed by atoms with Gasteiger partial charge >= 0.3 is 0 Å². The maximum Gasteiger partial charge on any atom is 0.247 e. The summed E-state index contributed by atoms with van der Waals surface area (Å²) in [5.74, 6) is -0.0267. The molecule has 2 aliphatic rings. The van der Waals surface area contributed by atoms with Crippen molar-refractivity contribution in [2.45, 2.75) is 76.4 Å². The maximum atomic E-state index is 12.6. The van der Waals surface area contributed by atoms with Gasteiger partial charge in [0.2, 0.25) is 11.8 Å². The normalized spacial score (nSPS) is 25.6. The molecule has 0 aromatic heterocycles. The number of hydrogen-bond donors (Lipinski definition) is 1. The largest absolute Gasteiger partial charge is 0.383 e. The number of carbonyl (C=O) groups is 2. The number of rotatable bonds is 7. The molecule has 0 radical (unpaired) electrons. The average molecular weight is 296 g/mol. The Hall–Kier alpha value is -0.940. The molecular formula is C16H28N2O3. The first-order chi connectivity index (χ1) is 10.2. The number of hydrogen-bond acceptors (Lipinski definition) is 4. The van der Waals surface area contributed by atoms with Gasteiger partial charge in [0.1, 0.15) is 0 Å². The van der Waals surface area contributed by atoms with Crippen LogP contribution in [0.25, 0.3) is 0 Å². The molecule has 1 aliphatic heterocycles. The number of amides is 2. The molecular weight excluding hydrogens is 268 g/mol. The van der Waals surface area contributed by atoms with Crippen molar-refractivity contribution in [3.8, 4) is 0 Å². The monoisotopic (exact) mass is 296 g/mol. The van der Waals surface area contributed by atoms with Crippen LogP contribution >= 0.6 is 0 Å². The van der Waals surface area contributed by atoms with Gasteiger partial charge in [-0.2, -0.15) is 0 Å². The topological polar surface area (TPSA) is 58.6 Å². The molecule has 1 saturated heterocycles. The van der Waals surface area contributed by atoms with E-state index in [1.165, 1.54) is 6.42 Å². The SMILES string of the molecule is CCCC(COC)NC1CC(=O)N(C2CCCCC2)C1=O. The maximum absolute atomic E-state index is 12.6. The van der Waals surface area contributed by atoms with E-state index < -0.39 is 0 Å². The van der Waals surface area contributed by atoms with Crippen LogP contribution in [0.4, 0.5) is 0 Å². The van der Waals surface area contributed by atoms with Gasteiger partial charge in [-0.25, -0.2) is 0 Å². The number of carbonyl (C=O) groups excluding carboxylic acids is 2. The lowest BCUT2D eigenvalue weighted by atomic mass is 9.94. The molecule has 2 fully saturated rings. The lowest BCUT2D eigenvalue weighted by Crippen LogP contribution is -2.48. The minimum Gasteiger partial charge on any atom is -0.383 e. The molecule has 2 amide bonds. The number of imide groups is 1. The van der Waals surface area contributed by atoms with Crippen LogP contribution in [0.3, 0.4) is 0 Å². The van der Waals surface area contributed by atoms with Crippen LogP contribution in [0.5, 0.6) is 0 Å². The van der Waals surface area contributed by atoms with E-state index in [2.05, 4.69) is 12.2 Å². The molecule has 1 N–H and O–H groups in total. The van der Waals surface area contributed by atoms with E-state index in [0.29, 0.717) is 13.0 Å². The standard InChI is InChI=1S/C16H28N2O3/c1-3-7-12(11-21-2)17-14-10-15(19)18(16(14)20)13-8-5-4-6-9-13/h12-14,17H,3-11H2,1-2H3. The van der Waals surface area contributed by atoms with Crippen LogP contribution < -0.4 is 5.32 Å². The van der Waals surface area contributed by atoms with Crippen molar-refractivity contribution in [3.63, 3.8) is 0 Å². The van der Waals surface area contributed by atoms with Crippen molar-refractivity contribution in [2.75, 3.05) is 13.7 Å². The summed E-state index contributed by atoms with van der Waals surface area (Å²) in [6.45, 7) is 2.69. The van der Waals surface area contributed by atoms with Crippen LogP contribution in [0.15, 0.2) is 0 Å². The average Bonchev–Trinajstić information content (AvgIpc) is 2.75. The van der Waals surface area contributed by atoms with E-state index in [0.717, 1.165) is 38.5 Å². The molecule has 2 rings (SSSR count). The molecule has 21 heavy (non-hydrogen) atoms. The molecule has 1 aliphatic carbocycles. The Bertz CT molecular complexity index is 361. The van der Waals surface area contributed by atoms with Crippen LogP contribution in [0, 0.1) is 0 Å². The second kappa shape index (κ2) is 7.90. The predicted molar refractivity (Wildman–Crippen MR) is 80.8 cm³/mol. The summed E-state index contributed by atoms with van der Waals surface area (Å²) in [5.41, 5.74) is 0. The van der Waals surface area contributed by atoms with Gasteiger partial charge in [-0.15, -0.1) is 0 Å². The number of likely N-dealkylation sites (tertiary alicyclic amines) is 1. The zero-order valence-electron chi connectivity index (χ0n) is 13.3. The first kappa shape index (κ1) is 16.4. The van der Waals surface area contributed by atoms with Crippen LogP contribution in [-0.2, 0) is 14.3 Å². The first-order valence-corrected chi connectivity index (χ1v) is 8.28. The fraction of sp³-hybridized carbons (Fsp3) is 0.875. The van der Waals surface area contributed by atoms with E-state index in [-0.39, 0.29) is 29.9 Å². The van der Waals surface area contributed by atoms with Crippen LogP contribution in [0.2, 0.25) is 0 Å². The molecule has 1 saturated carbocycles. The summed E-state index contributed by atoms with van der Waals surface area (Å²) >= 11 is 0. The summed E-state index contributed by atoms with van der Waals surface area (Å²) < 4.78 is 5.20. The quantitative estimate of drug-likeness (QED) is 0.728.